The molecule has 0 aliphatic carbocycles. The Morgan fingerprint density at radius 1 is 1.00 bits per heavy atom. The first-order chi connectivity index (χ1) is 15.2. The van der Waals surface area contributed by atoms with E-state index in [9.17, 15) is 4.79 Å². The summed E-state index contributed by atoms with van der Waals surface area (Å²) in [5.41, 5.74) is 3.07. The zero-order valence-corrected chi connectivity index (χ0v) is 17.7. The van der Waals surface area contributed by atoms with Gasteiger partial charge in [0.2, 0.25) is 0 Å². The fourth-order valence-corrected chi connectivity index (χ4v) is 3.60. The predicted molar refractivity (Wildman–Crippen MR) is 120 cm³/mol. The second kappa shape index (κ2) is 9.94. The minimum absolute atomic E-state index is 0.197. The third-order valence-corrected chi connectivity index (χ3v) is 5.23. The molecule has 0 saturated carbocycles. The van der Waals surface area contributed by atoms with Gasteiger partial charge in [0.25, 0.3) is 0 Å². The second-order valence-electron chi connectivity index (χ2n) is 7.41. The van der Waals surface area contributed by atoms with Crippen LogP contribution in [0.15, 0.2) is 83.6 Å². The molecule has 0 bridgehead atoms. The van der Waals surface area contributed by atoms with Gasteiger partial charge >= 0.3 is 0 Å². The number of ether oxygens (including phenoxy) is 1. The summed E-state index contributed by atoms with van der Waals surface area (Å²) in [6.07, 6.45) is 4.96. The van der Waals surface area contributed by atoms with E-state index >= 15 is 0 Å². The number of hydrogen-bond donors (Lipinski definition) is 0. The van der Waals surface area contributed by atoms with Crippen molar-refractivity contribution < 1.29 is 13.9 Å². The van der Waals surface area contributed by atoms with Crippen LogP contribution >= 0.6 is 0 Å². The Balaban J connectivity index is 1.29. The summed E-state index contributed by atoms with van der Waals surface area (Å²) >= 11 is 0. The van der Waals surface area contributed by atoms with Gasteiger partial charge in [-0.3, -0.25) is 4.79 Å². The van der Waals surface area contributed by atoms with Crippen LogP contribution in [0.4, 0.5) is 0 Å². The van der Waals surface area contributed by atoms with E-state index in [-0.39, 0.29) is 5.78 Å². The molecule has 0 spiro atoms. The maximum absolute atomic E-state index is 12.5. The summed E-state index contributed by atoms with van der Waals surface area (Å²) in [5, 5.41) is 0. The van der Waals surface area contributed by atoms with Crippen molar-refractivity contribution >= 4 is 5.78 Å². The molecule has 0 atom stereocenters. The van der Waals surface area contributed by atoms with E-state index < -0.39 is 0 Å². The Morgan fingerprint density at radius 2 is 1.81 bits per heavy atom. The lowest BCUT2D eigenvalue weighted by atomic mass is 10.1. The van der Waals surface area contributed by atoms with Gasteiger partial charge in [0, 0.05) is 25.8 Å². The Kier molecular flexibility index (Phi) is 6.62. The van der Waals surface area contributed by atoms with Gasteiger partial charge in [0.1, 0.15) is 29.7 Å². The predicted octanol–water partition coefficient (Wildman–Crippen LogP) is 5.49. The van der Waals surface area contributed by atoms with Crippen molar-refractivity contribution in [1.29, 1.82) is 0 Å². The minimum atomic E-state index is 0.197. The highest BCUT2D eigenvalue weighted by Crippen LogP contribution is 2.22. The van der Waals surface area contributed by atoms with Crippen LogP contribution in [0.2, 0.25) is 0 Å². The summed E-state index contributed by atoms with van der Waals surface area (Å²) in [7, 11) is 0. The lowest BCUT2D eigenvalue weighted by Gasteiger charge is -2.09. The van der Waals surface area contributed by atoms with Gasteiger partial charge in [-0.05, 0) is 42.3 Å². The highest BCUT2D eigenvalue weighted by molar-refractivity contribution is 5.81. The number of imidazole rings is 1. The minimum Gasteiger partial charge on any atom is -0.489 e. The monoisotopic (exact) mass is 414 g/mol. The first-order valence-electron chi connectivity index (χ1n) is 10.6. The van der Waals surface area contributed by atoms with Crippen molar-refractivity contribution in [3.63, 3.8) is 0 Å². The maximum Gasteiger partial charge on any atom is 0.151 e. The molecule has 0 N–H and O–H groups in total. The summed E-state index contributed by atoms with van der Waals surface area (Å²) in [5.74, 6) is 2.70. The SMILES string of the molecule is CCn1c(-c2ccco2)cnc1CCC(=O)Cc1ccc(OCc2ccccc2)cc1. The number of Topliss-reactive ketones (excluding diaryl/α,β-unsaturated/α-hetero) is 1. The Labute approximate surface area is 182 Å². The standard InChI is InChI=1S/C26H26N2O3/c1-2-28-24(25-9-6-16-30-25)18-27-26(28)15-12-22(29)17-20-10-13-23(14-11-20)31-19-21-7-4-3-5-8-21/h3-11,13-14,16,18H,2,12,15,17,19H2,1H3. The molecule has 158 valence electrons. The number of benzene rings is 2. The Hall–Kier alpha value is -3.60. The molecule has 0 unspecified atom stereocenters. The third-order valence-electron chi connectivity index (χ3n) is 5.23. The number of hydrogen-bond acceptors (Lipinski definition) is 4. The van der Waals surface area contributed by atoms with Crippen LogP contribution in [0.5, 0.6) is 5.75 Å². The van der Waals surface area contributed by atoms with E-state index in [1.54, 1.807) is 6.26 Å². The van der Waals surface area contributed by atoms with Crippen LogP contribution in [-0.4, -0.2) is 15.3 Å². The summed E-state index contributed by atoms with van der Waals surface area (Å²) in [4.78, 5) is 17.0. The largest absolute Gasteiger partial charge is 0.489 e. The summed E-state index contributed by atoms with van der Waals surface area (Å²) < 4.78 is 13.4. The molecule has 4 aromatic rings. The van der Waals surface area contributed by atoms with Crippen molar-refractivity contribution in [2.45, 2.75) is 39.3 Å². The molecule has 4 rings (SSSR count). The van der Waals surface area contributed by atoms with Gasteiger partial charge < -0.3 is 13.7 Å². The fourth-order valence-electron chi connectivity index (χ4n) is 3.60. The third kappa shape index (κ3) is 5.31. The van der Waals surface area contributed by atoms with Crippen molar-refractivity contribution in [3.8, 4) is 17.2 Å². The Bertz CT molecular complexity index is 1100. The summed E-state index contributed by atoms with van der Waals surface area (Å²) in [6, 6.07) is 21.6. The van der Waals surface area contributed by atoms with Crippen LogP contribution < -0.4 is 4.74 Å². The number of nitrogens with zero attached hydrogens (tertiary/aromatic N) is 2. The van der Waals surface area contributed by atoms with E-state index in [0.717, 1.165) is 40.7 Å². The fraction of sp³-hybridized carbons (Fsp3) is 0.231. The molecule has 5 nitrogen and oxygen atoms in total. The molecule has 0 amide bonds. The van der Waals surface area contributed by atoms with Gasteiger partial charge in [0.15, 0.2) is 5.76 Å². The number of aryl methyl sites for hydroxylation is 1. The average Bonchev–Trinajstić information content (AvgIpc) is 3.47. The van der Waals surface area contributed by atoms with Gasteiger partial charge in [-0.1, -0.05) is 42.5 Å². The molecule has 2 aromatic carbocycles. The first-order valence-corrected chi connectivity index (χ1v) is 10.6. The van der Waals surface area contributed by atoms with Crippen LogP contribution in [0, 0.1) is 0 Å². The number of aromatic nitrogens is 2. The molecule has 0 radical (unpaired) electrons. The average molecular weight is 415 g/mol. The van der Waals surface area contributed by atoms with Crippen molar-refractivity contribution in [2.75, 3.05) is 0 Å². The number of furan rings is 1. The van der Waals surface area contributed by atoms with E-state index in [1.807, 2.05) is 72.9 Å². The van der Waals surface area contributed by atoms with Gasteiger partial charge in [-0.15, -0.1) is 0 Å². The van der Waals surface area contributed by atoms with Gasteiger partial charge in [-0.2, -0.15) is 0 Å². The normalized spacial score (nSPS) is 10.9. The van der Waals surface area contributed by atoms with E-state index in [2.05, 4.69) is 16.5 Å². The van der Waals surface area contributed by atoms with Crippen LogP contribution in [0.25, 0.3) is 11.5 Å². The van der Waals surface area contributed by atoms with Crippen LogP contribution in [0.3, 0.4) is 0 Å². The molecule has 0 aliphatic heterocycles. The van der Waals surface area contributed by atoms with E-state index in [4.69, 9.17) is 9.15 Å². The van der Waals surface area contributed by atoms with Crippen molar-refractivity contribution in [2.24, 2.45) is 0 Å². The number of ketones is 1. The topological polar surface area (TPSA) is 57.3 Å². The van der Waals surface area contributed by atoms with Gasteiger partial charge in [-0.25, -0.2) is 4.98 Å². The quantitative estimate of drug-likeness (QED) is 0.344. The highest BCUT2D eigenvalue weighted by atomic mass is 16.5. The second-order valence-corrected chi connectivity index (χ2v) is 7.41. The maximum atomic E-state index is 12.5. The number of carbonyl (C=O) groups excluding carboxylic acids is 1. The van der Waals surface area contributed by atoms with Crippen molar-refractivity contribution in [1.82, 2.24) is 9.55 Å². The molecule has 0 aliphatic rings. The number of rotatable bonds is 10. The zero-order valence-electron chi connectivity index (χ0n) is 17.7. The van der Waals surface area contributed by atoms with E-state index in [0.29, 0.717) is 25.9 Å². The lowest BCUT2D eigenvalue weighted by Crippen LogP contribution is -2.09. The summed E-state index contributed by atoms with van der Waals surface area (Å²) in [6.45, 7) is 3.38. The molecule has 2 aromatic heterocycles. The Morgan fingerprint density at radius 3 is 2.52 bits per heavy atom. The lowest BCUT2D eigenvalue weighted by molar-refractivity contribution is -0.118. The van der Waals surface area contributed by atoms with Crippen LogP contribution in [0.1, 0.15) is 30.3 Å². The first kappa shape index (κ1) is 20.7. The molecule has 0 fully saturated rings. The highest BCUT2D eigenvalue weighted by Gasteiger charge is 2.14. The number of carbonyl (C=O) groups is 1. The van der Waals surface area contributed by atoms with Crippen molar-refractivity contribution in [3.05, 3.63) is 96.1 Å². The molecular formula is C26H26N2O3. The zero-order chi connectivity index (χ0) is 21.5. The molecule has 2 heterocycles. The smallest absolute Gasteiger partial charge is 0.151 e. The van der Waals surface area contributed by atoms with Crippen LogP contribution in [-0.2, 0) is 30.8 Å². The van der Waals surface area contributed by atoms with Gasteiger partial charge in [0.05, 0.1) is 12.5 Å². The molecule has 0 saturated heterocycles. The molecule has 31 heavy (non-hydrogen) atoms. The molecule has 5 heteroatoms. The van der Waals surface area contributed by atoms with E-state index in [1.165, 1.54) is 0 Å². The molecular weight excluding hydrogens is 388 g/mol.